The molecular weight excluding hydrogens is 1000 g/mol. The van der Waals surface area contributed by atoms with Crippen molar-refractivity contribution >= 4 is 23.0 Å². The highest BCUT2D eigenvalue weighted by atomic mass is 16.8. The van der Waals surface area contributed by atoms with E-state index in [2.05, 4.69) is 0 Å². The van der Waals surface area contributed by atoms with E-state index in [0.717, 1.165) is 24.3 Å². The molecule has 3 aromatic carbocycles. The normalized spacial score (nSPS) is 36.3. The molecule has 0 radical (unpaired) electrons. The number of rotatable bonds is 14. The van der Waals surface area contributed by atoms with Crippen LogP contribution in [0.3, 0.4) is 0 Å². The van der Waals surface area contributed by atoms with Gasteiger partial charge in [-0.3, -0.25) is 4.79 Å². The minimum Gasteiger partial charge on any atom is -0.508 e. The number of aromatic hydroxyl groups is 3. The van der Waals surface area contributed by atoms with E-state index in [-0.39, 0.29) is 28.6 Å². The lowest BCUT2D eigenvalue weighted by molar-refractivity contribution is -0.360. The van der Waals surface area contributed by atoms with Crippen LogP contribution in [0.2, 0.25) is 0 Å². The second kappa shape index (κ2) is 22.8. The standard InChI is InChI=1S/C49H58O26/c1-17-31(54)36(59)39(62)46(67-17)66-16-28-34(57)43(73-29(53)12-7-20-5-9-22(50)10-6-20)45(75-48-41(64)38(61)33(56)19(3)69-48)49(72-28)74-44-35(58)30-25(52)14-23(70-47-40(63)37(60)32(55)18(2)68-47)15-27(30)71-42(44)21-8-11-24(51)26(13-21)65-4/h5-15,17-19,28,31-34,36-41,43,45-52,54-57,59-64H,16H2,1-4H3/b12-7+/t17-,18-,19-,28+,31-,32-,33-,34-,36+,37+,38+,39+,40+,41+,43-,45+,46+,47-,48-,49-/m0/s1. The second-order valence-electron chi connectivity index (χ2n) is 18.4. The quantitative estimate of drug-likeness (QED) is 0.0477. The number of phenolic OH excluding ortho intramolecular Hbond substituents is 3. The van der Waals surface area contributed by atoms with E-state index < -0.39 is 169 Å². The number of aliphatic hydroxyl groups is 10. The zero-order valence-corrected chi connectivity index (χ0v) is 40.2. The maximum atomic E-state index is 15.0. The van der Waals surface area contributed by atoms with E-state index in [1.165, 1.54) is 70.4 Å². The van der Waals surface area contributed by atoms with Crippen LogP contribution in [0, 0.1) is 0 Å². The Balaban J connectivity index is 1.24. The zero-order valence-electron chi connectivity index (χ0n) is 40.2. The summed E-state index contributed by atoms with van der Waals surface area (Å²) in [5.74, 6) is -4.20. The van der Waals surface area contributed by atoms with Crippen LogP contribution in [0.1, 0.15) is 26.3 Å². The number of hydrogen-bond acceptors (Lipinski definition) is 26. The minimum absolute atomic E-state index is 0.0627. The van der Waals surface area contributed by atoms with Gasteiger partial charge in [-0.05, 0) is 62.7 Å². The number of methoxy groups -OCH3 is 1. The first-order valence-corrected chi connectivity index (χ1v) is 23.5. The Morgan fingerprint density at radius 2 is 1.20 bits per heavy atom. The Bertz CT molecular complexity index is 2720. The molecule has 0 aliphatic carbocycles. The van der Waals surface area contributed by atoms with Gasteiger partial charge in [0.25, 0.3) is 0 Å². The van der Waals surface area contributed by atoms with Crippen LogP contribution < -0.4 is 19.6 Å². The first kappa shape index (κ1) is 55.5. The number of carbonyl (C=O) groups excluding carboxylic acids is 1. The number of carbonyl (C=O) groups is 1. The van der Waals surface area contributed by atoms with Gasteiger partial charge in [0, 0.05) is 23.8 Å². The molecule has 26 nitrogen and oxygen atoms in total. The van der Waals surface area contributed by atoms with Crippen LogP contribution in [-0.2, 0) is 38.0 Å². The summed E-state index contributed by atoms with van der Waals surface area (Å²) in [7, 11) is 1.22. The van der Waals surface area contributed by atoms with Crippen molar-refractivity contribution in [2.45, 2.75) is 144 Å². The van der Waals surface area contributed by atoms with Gasteiger partial charge in [-0.15, -0.1) is 0 Å². The van der Waals surface area contributed by atoms with Gasteiger partial charge in [-0.25, -0.2) is 4.79 Å². The van der Waals surface area contributed by atoms with Crippen LogP contribution in [-0.4, -0.2) is 209 Å². The molecule has 8 rings (SSSR count). The molecule has 20 atom stereocenters. The van der Waals surface area contributed by atoms with Crippen molar-refractivity contribution in [3.63, 3.8) is 0 Å². The molecular formula is C49H58O26. The van der Waals surface area contributed by atoms with Crippen molar-refractivity contribution < 1.29 is 123 Å². The highest BCUT2D eigenvalue weighted by molar-refractivity contribution is 5.89. The van der Waals surface area contributed by atoms with Crippen molar-refractivity contribution in [2.75, 3.05) is 13.7 Å². The summed E-state index contributed by atoms with van der Waals surface area (Å²) in [6.07, 6.45) is -32.2. The minimum atomic E-state index is -2.17. The van der Waals surface area contributed by atoms with Crippen LogP contribution in [0.25, 0.3) is 28.4 Å². The predicted octanol–water partition coefficient (Wildman–Crippen LogP) is -2.06. The van der Waals surface area contributed by atoms with Crippen LogP contribution in [0.15, 0.2) is 69.9 Å². The maximum absolute atomic E-state index is 15.0. The third kappa shape index (κ3) is 11.5. The Morgan fingerprint density at radius 3 is 1.83 bits per heavy atom. The third-order valence-corrected chi connectivity index (χ3v) is 13.2. The zero-order chi connectivity index (χ0) is 54.3. The molecule has 0 saturated carbocycles. The second-order valence-corrected chi connectivity index (χ2v) is 18.4. The van der Waals surface area contributed by atoms with Gasteiger partial charge in [0.05, 0.1) is 32.0 Å². The molecule has 4 aliphatic heterocycles. The first-order chi connectivity index (χ1) is 35.6. The molecule has 4 saturated heterocycles. The fraction of sp³-hybridized carbons (Fsp3) is 0.510. The Kier molecular flexibility index (Phi) is 16.9. The van der Waals surface area contributed by atoms with Crippen molar-refractivity contribution in [1.29, 1.82) is 0 Å². The predicted molar refractivity (Wildman–Crippen MR) is 249 cm³/mol. The molecule has 0 bridgehead atoms. The molecule has 26 heteroatoms. The number of fused-ring (bicyclic) bond motifs is 1. The monoisotopic (exact) mass is 1060 g/mol. The van der Waals surface area contributed by atoms with Gasteiger partial charge in [0.2, 0.25) is 23.8 Å². The summed E-state index contributed by atoms with van der Waals surface area (Å²) in [5, 5.41) is 139. The maximum Gasteiger partial charge on any atom is 0.331 e. The van der Waals surface area contributed by atoms with Crippen LogP contribution in [0.5, 0.6) is 34.5 Å². The van der Waals surface area contributed by atoms with Gasteiger partial charge >= 0.3 is 5.97 Å². The van der Waals surface area contributed by atoms with E-state index in [1.807, 2.05) is 0 Å². The Hall–Kier alpha value is -5.76. The number of hydrogen-bond donors (Lipinski definition) is 13. The molecule has 13 N–H and O–H groups in total. The van der Waals surface area contributed by atoms with Crippen LogP contribution in [0.4, 0.5) is 0 Å². The topological polar surface area (TPSA) is 403 Å². The molecule has 0 amide bonds. The summed E-state index contributed by atoms with van der Waals surface area (Å²) in [5.41, 5.74) is -1.24. The SMILES string of the molecule is COc1cc(-c2oc3cc(O[C@@H]4O[C@@H](C)[C@H](O)[C@@H](O)[C@H]4O)cc(O)c3c(=O)c2O[C@@H]2O[C@H](CO[C@@H]3O[C@@H](C)[C@H](O)[C@@H](O)[C@H]3O)[C@H](O)[C@H](OC(=O)/C=C/c3ccc(O)cc3)[C@H]2O[C@@H]2O[C@@H](C)[C@H](O)[C@@H](O)[C@H]2O)ccc1O. The lowest BCUT2D eigenvalue weighted by Crippen LogP contribution is -2.66. The number of esters is 1. The van der Waals surface area contributed by atoms with E-state index in [9.17, 15) is 71.2 Å². The third-order valence-electron chi connectivity index (χ3n) is 13.2. The van der Waals surface area contributed by atoms with Crippen molar-refractivity contribution in [3.8, 4) is 45.8 Å². The molecule has 0 unspecified atom stereocenters. The van der Waals surface area contributed by atoms with Gasteiger partial charge in [-0.2, -0.15) is 0 Å². The van der Waals surface area contributed by atoms with Crippen LogP contribution >= 0.6 is 0 Å². The largest absolute Gasteiger partial charge is 0.508 e. The van der Waals surface area contributed by atoms with Gasteiger partial charge in [-0.1, -0.05) is 12.1 Å². The summed E-state index contributed by atoms with van der Waals surface area (Å²) in [6, 6.07) is 11.3. The van der Waals surface area contributed by atoms with Gasteiger partial charge in [0.15, 0.2) is 42.0 Å². The van der Waals surface area contributed by atoms with Gasteiger partial charge in [0.1, 0.15) is 95.4 Å². The average molecular weight is 1060 g/mol. The number of benzene rings is 3. The van der Waals surface area contributed by atoms with E-state index in [1.54, 1.807) is 0 Å². The Morgan fingerprint density at radius 1 is 0.613 bits per heavy atom. The van der Waals surface area contributed by atoms with Crippen molar-refractivity contribution in [2.24, 2.45) is 0 Å². The van der Waals surface area contributed by atoms with E-state index in [0.29, 0.717) is 5.56 Å². The van der Waals surface area contributed by atoms with Crippen molar-refractivity contribution in [3.05, 3.63) is 76.5 Å². The lowest BCUT2D eigenvalue weighted by atomic mass is 9.97. The average Bonchev–Trinajstić information content (AvgIpc) is 3.38. The molecule has 1 aromatic heterocycles. The number of aliphatic hydroxyl groups excluding tert-OH is 10. The molecule has 0 spiro atoms. The number of phenols is 3. The molecule has 4 aliphatic rings. The smallest absolute Gasteiger partial charge is 0.331 e. The summed E-state index contributed by atoms with van der Waals surface area (Å²) >= 11 is 0. The van der Waals surface area contributed by atoms with E-state index >= 15 is 4.79 Å². The fourth-order valence-corrected chi connectivity index (χ4v) is 8.75. The molecule has 4 fully saturated rings. The molecule has 5 heterocycles. The van der Waals surface area contributed by atoms with Gasteiger partial charge < -0.3 is 118 Å². The lowest BCUT2D eigenvalue weighted by Gasteiger charge is -2.47. The highest BCUT2D eigenvalue weighted by Crippen LogP contribution is 2.42. The summed E-state index contributed by atoms with van der Waals surface area (Å²) in [6.45, 7) is 3.30. The van der Waals surface area contributed by atoms with Crippen molar-refractivity contribution in [1.82, 2.24) is 0 Å². The number of ether oxygens (including phenoxy) is 10. The van der Waals surface area contributed by atoms with E-state index in [4.69, 9.17) is 51.8 Å². The summed E-state index contributed by atoms with van der Waals surface area (Å²) in [4.78, 5) is 28.8. The molecule has 410 valence electrons. The first-order valence-electron chi connectivity index (χ1n) is 23.5. The fourth-order valence-electron chi connectivity index (χ4n) is 8.75. The molecule has 4 aromatic rings. The highest BCUT2D eigenvalue weighted by Gasteiger charge is 2.54. The Labute approximate surface area is 424 Å². The summed E-state index contributed by atoms with van der Waals surface area (Å²) < 4.78 is 64.6. The molecule has 75 heavy (non-hydrogen) atoms.